The molecule has 0 aromatic carbocycles. The van der Waals surface area contributed by atoms with Gasteiger partial charge in [-0.3, -0.25) is 4.79 Å². The van der Waals surface area contributed by atoms with Crippen molar-refractivity contribution in [3.05, 3.63) is 0 Å². The summed E-state index contributed by atoms with van der Waals surface area (Å²) < 4.78 is 5.12. The molecule has 1 rings (SSSR count). The van der Waals surface area contributed by atoms with Crippen molar-refractivity contribution >= 4 is 5.97 Å². The van der Waals surface area contributed by atoms with Gasteiger partial charge in [-0.05, 0) is 19.3 Å². The molecule has 82 valence electrons. The summed E-state index contributed by atoms with van der Waals surface area (Å²) in [7, 11) is 0. The van der Waals surface area contributed by atoms with Gasteiger partial charge in [-0.2, -0.15) is 0 Å². The highest BCUT2D eigenvalue weighted by molar-refractivity contribution is 5.75. The minimum atomic E-state index is -1.01. The quantitative estimate of drug-likeness (QED) is 0.580. The molecule has 3 N–H and O–H groups in total. The summed E-state index contributed by atoms with van der Waals surface area (Å²) in [5.74, 6) is -0.954. The monoisotopic (exact) mass is 204 g/mol. The van der Waals surface area contributed by atoms with E-state index in [0.717, 1.165) is 0 Å². The molecule has 1 saturated heterocycles. The van der Waals surface area contributed by atoms with Gasteiger partial charge < -0.3 is 20.1 Å². The second-order valence-electron chi connectivity index (χ2n) is 3.78. The van der Waals surface area contributed by atoms with E-state index in [1.165, 1.54) is 0 Å². The first-order chi connectivity index (χ1) is 6.60. The SMILES string of the molecule is O=C(O)C1(CC(O)CO)CCCOC1. The van der Waals surface area contributed by atoms with Crippen molar-refractivity contribution in [3.8, 4) is 0 Å². The smallest absolute Gasteiger partial charge is 0.312 e. The Balaban J connectivity index is 2.65. The van der Waals surface area contributed by atoms with Crippen molar-refractivity contribution in [3.63, 3.8) is 0 Å². The zero-order valence-electron chi connectivity index (χ0n) is 7.98. The Labute approximate surface area is 82.3 Å². The van der Waals surface area contributed by atoms with Gasteiger partial charge in [0.25, 0.3) is 0 Å². The van der Waals surface area contributed by atoms with Gasteiger partial charge >= 0.3 is 5.97 Å². The van der Waals surface area contributed by atoms with Gasteiger partial charge in [0.2, 0.25) is 0 Å². The number of aliphatic hydroxyl groups excluding tert-OH is 2. The third kappa shape index (κ3) is 2.43. The molecule has 5 heteroatoms. The second kappa shape index (κ2) is 4.72. The zero-order valence-corrected chi connectivity index (χ0v) is 7.98. The van der Waals surface area contributed by atoms with E-state index in [4.69, 9.17) is 14.9 Å². The van der Waals surface area contributed by atoms with E-state index in [1.807, 2.05) is 0 Å². The minimum absolute atomic E-state index is 0.0544. The summed E-state index contributed by atoms with van der Waals surface area (Å²) in [5.41, 5.74) is -1.01. The van der Waals surface area contributed by atoms with Crippen LogP contribution in [0.2, 0.25) is 0 Å². The van der Waals surface area contributed by atoms with Gasteiger partial charge in [0.15, 0.2) is 0 Å². The number of aliphatic hydroxyl groups is 2. The van der Waals surface area contributed by atoms with E-state index in [2.05, 4.69) is 0 Å². The maximum Gasteiger partial charge on any atom is 0.312 e. The number of hydrogen-bond acceptors (Lipinski definition) is 4. The molecular formula is C9H16O5. The van der Waals surface area contributed by atoms with E-state index in [-0.39, 0.29) is 13.0 Å². The fraction of sp³-hybridized carbons (Fsp3) is 0.889. The fourth-order valence-corrected chi connectivity index (χ4v) is 1.78. The van der Waals surface area contributed by atoms with Crippen LogP contribution in [0.25, 0.3) is 0 Å². The molecule has 1 heterocycles. The van der Waals surface area contributed by atoms with Crippen LogP contribution >= 0.6 is 0 Å². The van der Waals surface area contributed by atoms with Crippen molar-refractivity contribution in [1.29, 1.82) is 0 Å². The number of ether oxygens (including phenoxy) is 1. The van der Waals surface area contributed by atoms with Gasteiger partial charge in [-0.25, -0.2) is 0 Å². The highest BCUT2D eigenvalue weighted by Crippen LogP contribution is 2.33. The van der Waals surface area contributed by atoms with Crippen LogP contribution in [0.5, 0.6) is 0 Å². The normalized spacial score (nSPS) is 29.9. The molecular weight excluding hydrogens is 188 g/mol. The lowest BCUT2D eigenvalue weighted by Gasteiger charge is -2.34. The molecule has 0 aromatic heterocycles. The van der Waals surface area contributed by atoms with E-state index in [0.29, 0.717) is 19.4 Å². The Kier molecular flexibility index (Phi) is 3.86. The van der Waals surface area contributed by atoms with Crippen LogP contribution in [0.3, 0.4) is 0 Å². The third-order valence-electron chi connectivity index (χ3n) is 2.61. The molecule has 1 aliphatic rings. The largest absolute Gasteiger partial charge is 0.481 e. The van der Waals surface area contributed by atoms with Crippen LogP contribution in [0.15, 0.2) is 0 Å². The third-order valence-corrected chi connectivity index (χ3v) is 2.61. The van der Waals surface area contributed by atoms with Gasteiger partial charge in [-0.15, -0.1) is 0 Å². The first-order valence-corrected chi connectivity index (χ1v) is 4.71. The summed E-state index contributed by atoms with van der Waals surface area (Å²) in [5, 5.41) is 27.0. The molecule has 0 amide bonds. The molecule has 14 heavy (non-hydrogen) atoms. The molecule has 2 atom stereocenters. The maximum atomic E-state index is 11.1. The first-order valence-electron chi connectivity index (χ1n) is 4.71. The van der Waals surface area contributed by atoms with Crippen LogP contribution in [-0.4, -0.2) is 47.2 Å². The molecule has 1 fully saturated rings. The summed E-state index contributed by atoms with van der Waals surface area (Å²) >= 11 is 0. The number of aliphatic carboxylic acids is 1. The fourth-order valence-electron chi connectivity index (χ4n) is 1.78. The molecule has 5 nitrogen and oxygen atoms in total. The molecule has 0 saturated carbocycles. The van der Waals surface area contributed by atoms with Crippen molar-refractivity contribution in [2.45, 2.75) is 25.4 Å². The number of carboxylic acids is 1. The molecule has 0 aliphatic carbocycles. The number of rotatable bonds is 4. The van der Waals surface area contributed by atoms with E-state index in [1.54, 1.807) is 0 Å². The van der Waals surface area contributed by atoms with Crippen molar-refractivity contribution in [2.24, 2.45) is 5.41 Å². The van der Waals surface area contributed by atoms with Crippen LogP contribution in [0.4, 0.5) is 0 Å². The Morgan fingerprint density at radius 2 is 2.29 bits per heavy atom. The van der Waals surface area contributed by atoms with Gasteiger partial charge in [-0.1, -0.05) is 0 Å². The van der Waals surface area contributed by atoms with Crippen LogP contribution < -0.4 is 0 Å². The predicted octanol–water partition coefficient (Wildman–Crippen LogP) is -0.389. The first kappa shape index (κ1) is 11.4. The van der Waals surface area contributed by atoms with Crippen molar-refractivity contribution in [2.75, 3.05) is 19.8 Å². The Morgan fingerprint density at radius 3 is 2.71 bits per heavy atom. The Hall–Kier alpha value is -0.650. The number of carboxylic acid groups (broad SMARTS) is 1. The zero-order chi connectivity index (χ0) is 10.6. The summed E-state index contributed by atoms with van der Waals surface area (Å²) in [6.07, 6.45) is 0.260. The Morgan fingerprint density at radius 1 is 1.57 bits per heavy atom. The van der Waals surface area contributed by atoms with Crippen LogP contribution in [-0.2, 0) is 9.53 Å². The van der Waals surface area contributed by atoms with Gasteiger partial charge in [0.1, 0.15) is 0 Å². The molecule has 0 bridgehead atoms. The highest BCUT2D eigenvalue weighted by atomic mass is 16.5. The van der Waals surface area contributed by atoms with E-state index < -0.39 is 24.1 Å². The van der Waals surface area contributed by atoms with Crippen molar-refractivity contribution < 1.29 is 24.9 Å². The molecule has 0 spiro atoms. The topological polar surface area (TPSA) is 87.0 Å². The average molecular weight is 204 g/mol. The summed E-state index contributed by atoms with van der Waals surface area (Å²) in [4.78, 5) is 11.1. The van der Waals surface area contributed by atoms with Gasteiger partial charge in [0, 0.05) is 6.61 Å². The Bertz CT molecular complexity index is 197. The lowest BCUT2D eigenvalue weighted by Crippen LogP contribution is -2.42. The van der Waals surface area contributed by atoms with Crippen LogP contribution in [0, 0.1) is 5.41 Å². The maximum absolute atomic E-state index is 11.1. The highest BCUT2D eigenvalue weighted by Gasteiger charge is 2.41. The predicted molar refractivity (Wildman–Crippen MR) is 47.8 cm³/mol. The summed E-state index contributed by atoms with van der Waals surface area (Å²) in [6.45, 7) is 0.290. The number of carbonyl (C=O) groups is 1. The molecule has 1 aliphatic heterocycles. The van der Waals surface area contributed by atoms with E-state index >= 15 is 0 Å². The molecule has 0 radical (unpaired) electrons. The average Bonchev–Trinajstić information content (AvgIpc) is 2.19. The molecule has 2 unspecified atom stereocenters. The van der Waals surface area contributed by atoms with Crippen molar-refractivity contribution in [1.82, 2.24) is 0 Å². The minimum Gasteiger partial charge on any atom is -0.481 e. The number of hydrogen-bond donors (Lipinski definition) is 3. The molecule has 0 aromatic rings. The standard InChI is InChI=1S/C9H16O5/c10-5-7(11)4-9(8(12)13)2-1-3-14-6-9/h7,10-11H,1-6H2,(H,12,13). The lowest BCUT2D eigenvalue weighted by molar-refractivity contribution is -0.161. The second-order valence-corrected chi connectivity index (χ2v) is 3.78. The lowest BCUT2D eigenvalue weighted by atomic mass is 9.78. The van der Waals surface area contributed by atoms with Crippen LogP contribution in [0.1, 0.15) is 19.3 Å². The van der Waals surface area contributed by atoms with Gasteiger partial charge in [0.05, 0.1) is 24.7 Å². The van der Waals surface area contributed by atoms with E-state index in [9.17, 15) is 9.90 Å². The summed E-state index contributed by atoms with van der Waals surface area (Å²) in [6, 6.07) is 0.